The summed E-state index contributed by atoms with van der Waals surface area (Å²) in [5.74, 6) is 0.548. The van der Waals surface area contributed by atoms with Crippen LogP contribution in [0.15, 0.2) is 24.3 Å². The lowest BCUT2D eigenvalue weighted by Gasteiger charge is -2.40. The maximum atomic E-state index is 11.8. The number of nitrogens with zero attached hydrogens (tertiary/aromatic N) is 2. The maximum absolute atomic E-state index is 11.8. The highest BCUT2D eigenvalue weighted by atomic mass is 16.2. The van der Waals surface area contributed by atoms with E-state index in [0.717, 1.165) is 51.4 Å². The van der Waals surface area contributed by atoms with E-state index in [4.69, 9.17) is 0 Å². The molecule has 4 rings (SSSR count). The molecule has 2 heterocycles. The van der Waals surface area contributed by atoms with Gasteiger partial charge in [-0.25, -0.2) is 0 Å². The van der Waals surface area contributed by atoms with Gasteiger partial charge in [-0.15, -0.1) is 0 Å². The summed E-state index contributed by atoms with van der Waals surface area (Å²) in [4.78, 5) is 50.2. The zero-order chi connectivity index (χ0) is 18.3. The molecule has 0 radical (unpaired) electrons. The predicted molar refractivity (Wildman–Crippen MR) is 93.5 cm³/mol. The molecule has 0 unspecified atom stereocenters. The first-order valence-corrected chi connectivity index (χ1v) is 9.65. The molecule has 2 fully saturated rings. The fraction of sp³-hybridized carbons (Fsp3) is 0.600. The van der Waals surface area contributed by atoms with Crippen molar-refractivity contribution in [1.29, 1.82) is 0 Å². The van der Waals surface area contributed by atoms with Crippen LogP contribution in [0, 0.1) is 11.8 Å². The number of rotatable bonds is 3. The van der Waals surface area contributed by atoms with Gasteiger partial charge >= 0.3 is 0 Å². The molecule has 4 amide bonds. The Balaban J connectivity index is 1.27. The lowest BCUT2D eigenvalue weighted by atomic mass is 9.71. The SMILES string of the molecule is O=C1C=CC(=O)N1C1CCC(C2CCC(N3C(=O)C=CC3=O)CC2)CC1. The Kier molecular flexibility index (Phi) is 4.51. The van der Waals surface area contributed by atoms with Gasteiger partial charge in [0.15, 0.2) is 0 Å². The van der Waals surface area contributed by atoms with Gasteiger partial charge in [-0.3, -0.25) is 29.0 Å². The topological polar surface area (TPSA) is 74.8 Å². The lowest BCUT2D eigenvalue weighted by Crippen LogP contribution is -2.44. The molecule has 0 bridgehead atoms. The van der Waals surface area contributed by atoms with Crippen LogP contribution in [0.3, 0.4) is 0 Å². The van der Waals surface area contributed by atoms with Crippen molar-refractivity contribution >= 4 is 23.6 Å². The molecule has 0 saturated heterocycles. The summed E-state index contributed by atoms with van der Waals surface area (Å²) in [6.07, 6.45) is 13.2. The standard InChI is InChI=1S/C20H24N2O4/c23-17-9-10-18(24)21(17)15-5-1-13(2-6-15)14-3-7-16(8-4-14)22-19(25)11-12-20(22)26/h9-16H,1-8H2. The number of amides is 4. The van der Waals surface area contributed by atoms with E-state index in [1.54, 1.807) is 0 Å². The van der Waals surface area contributed by atoms with Crippen molar-refractivity contribution in [2.24, 2.45) is 11.8 Å². The number of imide groups is 2. The fourth-order valence-electron chi connectivity index (χ4n) is 5.21. The quantitative estimate of drug-likeness (QED) is 0.725. The predicted octanol–water partition coefficient (Wildman–Crippen LogP) is 1.95. The van der Waals surface area contributed by atoms with Crippen LogP contribution in [-0.2, 0) is 19.2 Å². The average molecular weight is 356 g/mol. The number of hydrogen-bond acceptors (Lipinski definition) is 4. The minimum atomic E-state index is -0.174. The molecule has 6 heteroatoms. The normalized spacial score (nSPS) is 35.1. The molecule has 2 aliphatic carbocycles. The zero-order valence-corrected chi connectivity index (χ0v) is 14.8. The van der Waals surface area contributed by atoms with Crippen LogP contribution < -0.4 is 0 Å². The summed E-state index contributed by atoms with van der Waals surface area (Å²) < 4.78 is 0. The first-order valence-electron chi connectivity index (χ1n) is 9.65. The number of carbonyl (C=O) groups is 4. The highest BCUT2D eigenvalue weighted by Gasteiger charge is 2.39. The van der Waals surface area contributed by atoms with Crippen LogP contribution >= 0.6 is 0 Å². The maximum Gasteiger partial charge on any atom is 0.253 e. The van der Waals surface area contributed by atoms with E-state index in [1.807, 2.05) is 0 Å². The van der Waals surface area contributed by atoms with Crippen LogP contribution in [0.1, 0.15) is 51.4 Å². The van der Waals surface area contributed by atoms with E-state index in [9.17, 15) is 19.2 Å². The van der Waals surface area contributed by atoms with E-state index < -0.39 is 0 Å². The van der Waals surface area contributed by atoms with Gasteiger partial charge in [-0.1, -0.05) is 0 Å². The highest BCUT2D eigenvalue weighted by Crippen LogP contribution is 2.41. The monoisotopic (exact) mass is 356 g/mol. The van der Waals surface area contributed by atoms with Crippen LogP contribution in [-0.4, -0.2) is 45.5 Å². The third kappa shape index (κ3) is 3.02. The van der Waals surface area contributed by atoms with Gasteiger partial charge in [0.2, 0.25) is 0 Å². The zero-order valence-electron chi connectivity index (χ0n) is 14.8. The second-order valence-corrected chi connectivity index (χ2v) is 7.90. The summed E-state index contributed by atoms with van der Waals surface area (Å²) in [5.41, 5.74) is 0. The smallest absolute Gasteiger partial charge is 0.253 e. The summed E-state index contributed by atoms with van der Waals surface area (Å²) >= 11 is 0. The molecule has 138 valence electrons. The molecule has 0 aromatic heterocycles. The molecule has 0 aromatic rings. The first-order chi connectivity index (χ1) is 12.5. The van der Waals surface area contributed by atoms with Gasteiger partial charge in [0.05, 0.1) is 0 Å². The average Bonchev–Trinajstić information content (AvgIpc) is 3.16. The third-order valence-corrected chi connectivity index (χ3v) is 6.57. The number of hydrogen-bond donors (Lipinski definition) is 0. The first kappa shape index (κ1) is 17.2. The Hall–Kier alpha value is -2.24. The minimum absolute atomic E-state index is 0.0449. The van der Waals surface area contributed by atoms with Gasteiger partial charge in [0, 0.05) is 36.4 Å². The van der Waals surface area contributed by atoms with Crippen LogP contribution in [0.25, 0.3) is 0 Å². The molecule has 0 N–H and O–H groups in total. The van der Waals surface area contributed by atoms with Crippen molar-refractivity contribution in [2.75, 3.05) is 0 Å². The molecule has 0 atom stereocenters. The van der Waals surface area contributed by atoms with Gasteiger partial charge in [0.25, 0.3) is 23.6 Å². The Bertz CT molecular complexity index is 599. The number of carbonyl (C=O) groups excluding carboxylic acids is 4. The summed E-state index contributed by atoms with van der Waals surface area (Å²) in [7, 11) is 0. The Morgan fingerprint density at radius 2 is 0.769 bits per heavy atom. The van der Waals surface area contributed by atoms with Crippen molar-refractivity contribution in [1.82, 2.24) is 9.80 Å². The van der Waals surface area contributed by atoms with Crippen LogP contribution in [0.4, 0.5) is 0 Å². The third-order valence-electron chi connectivity index (χ3n) is 6.57. The minimum Gasteiger partial charge on any atom is -0.272 e. The van der Waals surface area contributed by atoms with E-state index >= 15 is 0 Å². The summed E-state index contributed by atoms with van der Waals surface area (Å²) in [5, 5.41) is 0. The molecule has 2 aliphatic heterocycles. The second kappa shape index (κ2) is 6.82. The van der Waals surface area contributed by atoms with Gasteiger partial charge < -0.3 is 0 Å². The van der Waals surface area contributed by atoms with Gasteiger partial charge in [-0.2, -0.15) is 0 Å². The van der Waals surface area contributed by atoms with Crippen molar-refractivity contribution in [3.8, 4) is 0 Å². The van der Waals surface area contributed by atoms with Crippen molar-refractivity contribution in [3.63, 3.8) is 0 Å². The molecule has 26 heavy (non-hydrogen) atoms. The Morgan fingerprint density at radius 1 is 0.500 bits per heavy atom. The van der Waals surface area contributed by atoms with Crippen LogP contribution in [0.2, 0.25) is 0 Å². The van der Waals surface area contributed by atoms with Gasteiger partial charge in [0.1, 0.15) is 0 Å². The molecule has 0 aromatic carbocycles. The van der Waals surface area contributed by atoms with E-state index in [1.165, 1.54) is 34.1 Å². The second-order valence-electron chi connectivity index (χ2n) is 7.90. The molecule has 0 spiro atoms. The fourth-order valence-corrected chi connectivity index (χ4v) is 5.21. The van der Waals surface area contributed by atoms with E-state index in [-0.39, 0.29) is 35.7 Å². The van der Waals surface area contributed by atoms with Crippen molar-refractivity contribution in [3.05, 3.63) is 24.3 Å². The highest BCUT2D eigenvalue weighted by molar-refractivity contribution is 6.13. The molecule has 4 aliphatic rings. The van der Waals surface area contributed by atoms with Crippen LogP contribution in [0.5, 0.6) is 0 Å². The van der Waals surface area contributed by atoms with E-state index in [0.29, 0.717) is 11.8 Å². The lowest BCUT2D eigenvalue weighted by molar-refractivity contribution is -0.142. The molecular formula is C20H24N2O4. The molecule has 2 saturated carbocycles. The Morgan fingerprint density at radius 3 is 1.04 bits per heavy atom. The largest absolute Gasteiger partial charge is 0.272 e. The van der Waals surface area contributed by atoms with Crippen molar-refractivity contribution in [2.45, 2.75) is 63.5 Å². The van der Waals surface area contributed by atoms with Gasteiger partial charge in [-0.05, 0) is 63.2 Å². The Labute approximate surface area is 152 Å². The summed E-state index contributed by atoms with van der Waals surface area (Å²) in [6, 6.07) is 0.0898. The molecular weight excluding hydrogens is 332 g/mol. The molecule has 6 nitrogen and oxygen atoms in total. The summed E-state index contributed by atoms with van der Waals surface area (Å²) in [6.45, 7) is 0. The van der Waals surface area contributed by atoms with Crippen molar-refractivity contribution < 1.29 is 19.2 Å². The van der Waals surface area contributed by atoms with E-state index in [2.05, 4.69) is 0 Å².